The van der Waals surface area contributed by atoms with Crippen LogP contribution in [0.25, 0.3) is 0 Å². The van der Waals surface area contributed by atoms with Crippen LogP contribution in [0.3, 0.4) is 0 Å². The Hall–Kier alpha value is -2.24. The molecule has 0 heterocycles. The molecule has 3 amide bonds. The van der Waals surface area contributed by atoms with Crippen molar-refractivity contribution in [2.75, 3.05) is 17.7 Å². The highest BCUT2D eigenvalue weighted by Gasteiger charge is 2.17. The number of hydrogen-bond donors (Lipinski definition) is 3. The SMILES string of the molecule is COc1ccc(NC(C)=O)cc1NC(=O)NC1CCCC1. The third-order valence-corrected chi connectivity index (χ3v) is 3.46. The first-order chi connectivity index (χ1) is 10.1. The van der Waals surface area contributed by atoms with Crippen LogP contribution in [0.2, 0.25) is 0 Å². The molecule has 0 aromatic heterocycles. The minimum absolute atomic E-state index is 0.165. The summed E-state index contributed by atoms with van der Waals surface area (Å²) in [5.74, 6) is 0.382. The highest BCUT2D eigenvalue weighted by atomic mass is 16.5. The minimum atomic E-state index is -0.250. The molecule has 2 rings (SSSR count). The first-order valence-corrected chi connectivity index (χ1v) is 7.11. The van der Waals surface area contributed by atoms with E-state index in [9.17, 15) is 9.59 Å². The molecule has 6 heteroatoms. The lowest BCUT2D eigenvalue weighted by Gasteiger charge is -2.15. The fourth-order valence-electron chi connectivity index (χ4n) is 2.50. The summed E-state index contributed by atoms with van der Waals surface area (Å²) in [6.07, 6.45) is 4.37. The topological polar surface area (TPSA) is 79.5 Å². The second-order valence-electron chi connectivity index (χ2n) is 5.18. The Balaban J connectivity index is 2.05. The smallest absolute Gasteiger partial charge is 0.319 e. The molecule has 1 aliphatic rings. The Bertz CT molecular complexity index is 525. The highest BCUT2D eigenvalue weighted by molar-refractivity contribution is 5.94. The predicted octanol–water partition coefficient (Wildman–Crippen LogP) is 2.72. The first kappa shape index (κ1) is 15.2. The van der Waals surface area contributed by atoms with Gasteiger partial charge in [0, 0.05) is 18.7 Å². The monoisotopic (exact) mass is 291 g/mol. The van der Waals surface area contributed by atoms with E-state index in [4.69, 9.17) is 4.74 Å². The van der Waals surface area contributed by atoms with E-state index >= 15 is 0 Å². The summed E-state index contributed by atoms with van der Waals surface area (Å²) in [5, 5.41) is 8.40. The second kappa shape index (κ2) is 6.97. The molecule has 1 aromatic carbocycles. The number of nitrogens with one attached hydrogen (secondary N) is 3. The quantitative estimate of drug-likeness (QED) is 0.798. The molecule has 1 saturated carbocycles. The lowest BCUT2D eigenvalue weighted by Crippen LogP contribution is -2.36. The number of methoxy groups -OCH3 is 1. The first-order valence-electron chi connectivity index (χ1n) is 7.11. The van der Waals surface area contributed by atoms with Crippen molar-refractivity contribution in [3.8, 4) is 5.75 Å². The maximum atomic E-state index is 12.0. The zero-order chi connectivity index (χ0) is 15.2. The summed E-state index contributed by atoms with van der Waals surface area (Å²) < 4.78 is 5.22. The Morgan fingerprint density at radius 1 is 1.19 bits per heavy atom. The zero-order valence-corrected chi connectivity index (χ0v) is 12.4. The normalized spacial score (nSPS) is 14.6. The van der Waals surface area contributed by atoms with Gasteiger partial charge in [-0.3, -0.25) is 4.79 Å². The lowest BCUT2D eigenvalue weighted by molar-refractivity contribution is -0.114. The number of carbonyl (C=O) groups is 2. The highest BCUT2D eigenvalue weighted by Crippen LogP contribution is 2.28. The summed E-state index contributed by atoms with van der Waals surface area (Å²) in [4.78, 5) is 23.1. The van der Waals surface area contributed by atoms with Crippen molar-refractivity contribution in [1.29, 1.82) is 0 Å². The van der Waals surface area contributed by atoms with Gasteiger partial charge in [-0.05, 0) is 31.0 Å². The molecule has 0 radical (unpaired) electrons. The van der Waals surface area contributed by atoms with E-state index in [0.717, 1.165) is 25.7 Å². The van der Waals surface area contributed by atoms with Gasteiger partial charge in [-0.2, -0.15) is 0 Å². The number of urea groups is 1. The fourth-order valence-corrected chi connectivity index (χ4v) is 2.50. The van der Waals surface area contributed by atoms with Crippen LogP contribution >= 0.6 is 0 Å². The van der Waals surface area contributed by atoms with Crippen LogP contribution in [-0.2, 0) is 4.79 Å². The number of hydrogen-bond acceptors (Lipinski definition) is 3. The number of ether oxygens (including phenoxy) is 1. The molecule has 114 valence electrons. The van der Waals surface area contributed by atoms with E-state index < -0.39 is 0 Å². The van der Waals surface area contributed by atoms with Crippen molar-refractivity contribution < 1.29 is 14.3 Å². The van der Waals surface area contributed by atoms with Gasteiger partial charge in [-0.1, -0.05) is 12.8 Å². The number of rotatable bonds is 4. The van der Waals surface area contributed by atoms with Crippen LogP contribution in [0.1, 0.15) is 32.6 Å². The van der Waals surface area contributed by atoms with Crippen molar-refractivity contribution in [2.45, 2.75) is 38.6 Å². The molecule has 0 unspecified atom stereocenters. The van der Waals surface area contributed by atoms with Crippen LogP contribution in [0, 0.1) is 0 Å². The van der Waals surface area contributed by atoms with E-state index in [1.54, 1.807) is 18.2 Å². The van der Waals surface area contributed by atoms with E-state index in [1.807, 2.05) is 0 Å². The van der Waals surface area contributed by atoms with Crippen LogP contribution in [0.4, 0.5) is 16.2 Å². The van der Waals surface area contributed by atoms with Gasteiger partial charge in [-0.15, -0.1) is 0 Å². The number of benzene rings is 1. The maximum absolute atomic E-state index is 12.0. The van der Waals surface area contributed by atoms with Crippen LogP contribution in [0.5, 0.6) is 5.75 Å². The maximum Gasteiger partial charge on any atom is 0.319 e. The Morgan fingerprint density at radius 2 is 1.90 bits per heavy atom. The van der Waals surface area contributed by atoms with Gasteiger partial charge in [0.1, 0.15) is 5.75 Å². The molecule has 0 aliphatic heterocycles. The summed E-state index contributed by atoms with van der Waals surface area (Å²) in [6.45, 7) is 1.43. The third kappa shape index (κ3) is 4.37. The summed E-state index contributed by atoms with van der Waals surface area (Å²) in [5.41, 5.74) is 1.14. The van der Waals surface area contributed by atoms with Crippen LogP contribution in [-0.4, -0.2) is 25.1 Å². The van der Waals surface area contributed by atoms with Crippen molar-refractivity contribution in [1.82, 2.24) is 5.32 Å². The van der Waals surface area contributed by atoms with Crippen molar-refractivity contribution >= 4 is 23.3 Å². The Morgan fingerprint density at radius 3 is 2.52 bits per heavy atom. The molecule has 0 spiro atoms. The second-order valence-corrected chi connectivity index (χ2v) is 5.18. The molecule has 21 heavy (non-hydrogen) atoms. The summed E-state index contributed by atoms with van der Waals surface area (Å²) in [6, 6.07) is 5.10. The molecule has 1 aliphatic carbocycles. The zero-order valence-electron chi connectivity index (χ0n) is 12.4. The van der Waals surface area contributed by atoms with Gasteiger partial charge in [0.15, 0.2) is 0 Å². The van der Waals surface area contributed by atoms with Gasteiger partial charge >= 0.3 is 6.03 Å². The molecular weight excluding hydrogens is 270 g/mol. The van der Waals surface area contributed by atoms with Gasteiger partial charge < -0.3 is 20.7 Å². The number of carbonyl (C=O) groups excluding carboxylic acids is 2. The minimum Gasteiger partial charge on any atom is -0.495 e. The molecular formula is C15H21N3O3. The van der Waals surface area contributed by atoms with Crippen molar-refractivity contribution in [3.05, 3.63) is 18.2 Å². The average molecular weight is 291 g/mol. The third-order valence-electron chi connectivity index (χ3n) is 3.46. The predicted molar refractivity (Wildman–Crippen MR) is 81.7 cm³/mol. The van der Waals surface area contributed by atoms with Gasteiger partial charge in [0.2, 0.25) is 5.91 Å². The Kier molecular flexibility index (Phi) is 5.03. The summed E-state index contributed by atoms with van der Waals surface area (Å²) >= 11 is 0. The largest absolute Gasteiger partial charge is 0.495 e. The molecule has 3 N–H and O–H groups in total. The average Bonchev–Trinajstić information content (AvgIpc) is 2.91. The molecule has 1 fully saturated rings. The molecule has 1 aromatic rings. The Labute approximate surface area is 124 Å². The van der Waals surface area contributed by atoms with E-state index in [1.165, 1.54) is 14.0 Å². The fraction of sp³-hybridized carbons (Fsp3) is 0.467. The van der Waals surface area contributed by atoms with E-state index in [-0.39, 0.29) is 18.0 Å². The van der Waals surface area contributed by atoms with Crippen LogP contribution < -0.4 is 20.7 Å². The number of anilines is 2. The van der Waals surface area contributed by atoms with Crippen molar-refractivity contribution in [2.24, 2.45) is 0 Å². The lowest BCUT2D eigenvalue weighted by atomic mass is 10.2. The van der Waals surface area contributed by atoms with Gasteiger partial charge in [0.25, 0.3) is 0 Å². The van der Waals surface area contributed by atoms with Crippen LogP contribution in [0.15, 0.2) is 18.2 Å². The molecule has 0 saturated heterocycles. The molecule has 0 bridgehead atoms. The molecule has 6 nitrogen and oxygen atoms in total. The molecule has 0 atom stereocenters. The van der Waals surface area contributed by atoms with E-state index in [2.05, 4.69) is 16.0 Å². The number of amides is 3. The van der Waals surface area contributed by atoms with Gasteiger partial charge in [0.05, 0.1) is 12.8 Å². The standard InChI is InChI=1S/C15H21N3O3/c1-10(19)16-12-7-8-14(21-2)13(9-12)18-15(20)17-11-5-3-4-6-11/h7-9,11H,3-6H2,1-2H3,(H,16,19)(H2,17,18,20). The van der Waals surface area contributed by atoms with Crippen molar-refractivity contribution in [3.63, 3.8) is 0 Å². The van der Waals surface area contributed by atoms with E-state index in [0.29, 0.717) is 17.1 Å². The summed E-state index contributed by atoms with van der Waals surface area (Å²) in [7, 11) is 1.54. The van der Waals surface area contributed by atoms with Gasteiger partial charge in [-0.25, -0.2) is 4.79 Å².